The van der Waals surface area contributed by atoms with E-state index in [2.05, 4.69) is 55.4 Å². The van der Waals surface area contributed by atoms with Gasteiger partial charge in [0.2, 0.25) is 0 Å². The van der Waals surface area contributed by atoms with Crippen LogP contribution in [0.1, 0.15) is 134 Å². The summed E-state index contributed by atoms with van der Waals surface area (Å²) in [6.07, 6.45) is 10.6. The van der Waals surface area contributed by atoms with Gasteiger partial charge in [-0.3, -0.25) is 0 Å². The predicted molar refractivity (Wildman–Crippen MR) is 105 cm³/mol. The fraction of sp³-hybridized carbons (Fsp3) is 1.00. The highest BCUT2D eigenvalue weighted by Gasteiger charge is 1.57. The average Bonchev–Trinajstić information content (AvgIpc) is 2.58. The van der Waals surface area contributed by atoms with Gasteiger partial charge in [0.1, 0.15) is 0 Å². The van der Waals surface area contributed by atoms with E-state index in [1.54, 1.807) is 0 Å². The van der Waals surface area contributed by atoms with E-state index in [4.69, 9.17) is 0 Å². The van der Waals surface area contributed by atoms with E-state index in [-0.39, 0.29) is 0 Å². The molecule has 132 valence electrons. The molecule has 0 bridgehead atoms. The van der Waals surface area contributed by atoms with Gasteiger partial charge in [-0.05, 0) is 0 Å². The second kappa shape index (κ2) is 96.2. The van der Waals surface area contributed by atoms with Crippen molar-refractivity contribution in [2.24, 2.45) is 0 Å². The molecule has 0 aliphatic heterocycles. The maximum absolute atomic E-state index is 2.18. The van der Waals surface area contributed by atoms with Gasteiger partial charge in [-0.2, -0.15) is 0 Å². The Labute approximate surface area is 135 Å². The molecule has 0 N–H and O–H groups in total. The lowest BCUT2D eigenvalue weighted by molar-refractivity contribution is 0.886. The van der Waals surface area contributed by atoms with Crippen molar-refractivity contribution in [3.05, 3.63) is 0 Å². The number of unbranched alkanes of at least 4 members (excludes halogenated alkanes) is 4. The van der Waals surface area contributed by atoms with Crippen LogP contribution < -0.4 is 0 Å². The van der Waals surface area contributed by atoms with Crippen molar-refractivity contribution in [3.63, 3.8) is 0 Å². The SMILES string of the molecule is CC.CC.CCCC.CCCC.CCCC.CCCC. The van der Waals surface area contributed by atoms with Crippen LogP contribution in [0.4, 0.5) is 0 Å². The first-order valence-corrected chi connectivity index (χ1v) is 9.66. The van der Waals surface area contributed by atoms with Crippen LogP contribution in [0.15, 0.2) is 0 Å². The van der Waals surface area contributed by atoms with Gasteiger partial charge in [0.05, 0.1) is 0 Å². The van der Waals surface area contributed by atoms with Gasteiger partial charge in [0.25, 0.3) is 0 Å². The third-order valence-electron chi connectivity index (χ3n) is 2.00. The molecule has 0 saturated heterocycles. The molecule has 0 heteroatoms. The van der Waals surface area contributed by atoms with E-state index in [1.807, 2.05) is 27.7 Å². The Bertz CT molecular complexity index is 24.0. The second-order valence-electron chi connectivity index (χ2n) is 4.00. The Morgan fingerprint density at radius 1 is 0.250 bits per heavy atom. The van der Waals surface area contributed by atoms with E-state index < -0.39 is 0 Å². The number of hydrogen-bond donors (Lipinski definition) is 0. The molecule has 0 heterocycles. The van der Waals surface area contributed by atoms with Crippen LogP contribution in [0.3, 0.4) is 0 Å². The molecule has 20 heavy (non-hydrogen) atoms. The van der Waals surface area contributed by atoms with Crippen molar-refractivity contribution in [1.29, 1.82) is 0 Å². The minimum atomic E-state index is 1.32. The van der Waals surface area contributed by atoms with Crippen molar-refractivity contribution in [1.82, 2.24) is 0 Å². The minimum absolute atomic E-state index is 1.32. The smallest absolute Gasteiger partial charge is 0.0564 e. The molecule has 0 aromatic rings. The highest BCUT2D eigenvalue weighted by Crippen LogP contribution is 1.77. The summed E-state index contributed by atoms with van der Waals surface area (Å²) in [5, 5.41) is 0. The van der Waals surface area contributed by atoms with Crippen molar-refractivity contribution >= 4 is 0 Å². The zero-order valence-electron chi connectivity index (χ0n) is 17.7. The Morgan fingerprint density at radius 3 is 0.300 bits per heavy atom. The molecule has 0 fully saturated rings. The van der Waals surface area contributed by atoms with Gasteiger partial charge >= 0.3 is 0 Å². The molecule has 0 nitrogen and oxygen atoms in total. The van der Waals surface area contributed by atoms with E-state index in [9.17, 15) is 0 Å². The lowest BCUT2D eigenvalue weighted by Crippen LogP contribution is -1.47. The Hall–Kier alpha value is 0. The summed E-state index contributed by atoms with van der Waals surface area (Å²) in [6, 6.07) is 0. The summed E-state index contributed by atoms with van der Waals surface area (Å²) < 4.78 is 0. The highest BCUT2D eigenvalue weighted by atomic mass is 13.6. The fourth-order valence-corrected chi connectivity index (χ4v) is 0. The molecule has 0 atom stereocenters. The van der Waals surface area contributed by atoms with Crippen molar-refractivity contribution in [3.8, 4) is 0 Å². The topological polar surface area (TPSA) is 0 Å². The van der Waals surface area contributed by atoms with Crippen LogP contribution in [0.5, 0.6) is 0 Å². The summed E-state index contributed by atoms with van der Waals surface area (Å²) in [5.41, 5.74) is 0. The lowest BCUT2D eigenvalue weighted by Gasteiger charge is -1.68. The molecule has 0 amide bonds. The minimum Gasteiger partial charge on any atom is -0.0683 e. The van der Waals surface area contributed by atoms with E-state index in [0.29, 0.717) is 0 Å². The number of hydrogen-bond acceptors (Lipinski definition) is 0. The molecule has 0 unspecified atom stereocenters. The normalized spacial score (nSPS) is 6.60. The molecular formula is C20H52. The summed E-state index contributed by atoms with van der Waals surface area (Å²) in [5.74, 6) is 0. The molecule has 0 aromatic heterocycles. The van der Waals surface area contributed by atoms with Crippen LogP contribution in [0, 0.1) is 0 Å². The van der Waals surface area contributed by atoms with Crippen LogP contribution >= 0.6 is 0 Å². The van der Waals surface area contributed by atoms with Gasteiger partial charge < -0.3 is 0 Å². The standard InChI is InChI=1S/4C4H10.2C2H6/c4*1-3-4-2;2*1-2/h4*3-4H2,1-2H3;2*1-2H3. The fourth-order valence-electron chi connectivity index (χ4n) is 0. The van der Waals surface area contributed by atoms with Gasteiger partial charge in [0, 0.05) is 0 Å². The first kappa shape index (κ1) is 36.8. The Balaban J connectivity index is -0.0000000301. The summed E-state index contributed by atoms with van der Waals surface area (Å²) in [6.45, 7) is 25.4. The Kier molecular flexibility index (Phi) is 177. The monoisotopic (exact) mass is 292 g/mol. The molecule has 0 rings (SSSR count). The average molecular weight is 293 g/mol. The molecule has 0 aliphatic rings. The van der Waals surface area contributed by atoms with Crippen LogP contribution in [0.2, 0.25) is 0 Å². The lowest BCUT2D eigenvalue weighted by atomic mass is 10.4. The largest absolute Gasteiger partial charge is 0.0683 e. The van der Waals surface area contributed by atoms with Gasteiger partial charge in [-0.15, -0.1) is 0 Å². The summed E-state index contributed by atoms with van der Waals surface area (Å²) >= 11 is 0. The predicted octanol–water partition coefficient (Wildman–Crippen LogP) is 9.28. The van der Waals surface area contributed by atoms with Crippen molar-refractivity contribution in [2.45, 2.75) is 134 Å². The first-order valence-electron chi connectivity index (χ1n) is 9.66. The van der Waals surface area contributed by atoms with E-state index in [1.165, 1.54) is 51.4 Å². The highest BCUT2D eigenvalue weighted by molar-refractivity contribution is 4.13. The second-order valence-corrected chi connectivity index (χ2v) is 4.00. The zero-order valence-corrected chi connectivity index (χ0v) is 17.7. The molecule has 0 saturated carbocycles. The zero-order chi connectivity index (χ0) is 17.7. The van der Waals surface area contributed by atoms with Crippen LogP contribution in [0.25, 0.3) is 0 Å². The van der Waals surface area contributed by atoms with Crippen LogP contribution in [-0.2, 0) is 0 Å². The molecule has 0 spiro atoms. The van der Waals surface area contributed by atoms with E-state index >= 15 is 0 Å². The van der Waals surface area contributed by atoms with Crippen molar-refractivity contribution in [2.75, 3.05) is 0 Å². The van der Waals surface area contributed by atoms with Gasteiger partial charge in [-0.25, -0.2) is 0 Å². The number of rotatable bonds is 4. The Morgan fingerprint density at radius 2 is 0.300 bits per heavy atom. The van der Waals surface area contributed by atoms with Crippen molar-refractivity contribution < 1.29 is 0 Å². The maximum Gasteiger partial charge on any atom is -0.0564 e. The molecule has 0 aromatic carbocycles. The van der Waals surface area contributed by atoms with Gasteiger partial charge in [0.15, 0.2) is 0 Å². The molecular weight excluding hydrogens is 240 g/mol. The molecule has 0 aliphatic carbocycles. The molecule has 0 radical (unpaired) electrons. The van der Waals surface area contributed by atoms with E-state index in [0.717, 1.165) is 0 Å². The van der Waals surface area contributed by atoms with Crippen LogP contribution in [-0.4, -0.2) is 0 Å². The quantitative estimate of drug-likeness (QED) is 0.484. The third-order valence-corrected chi connectivity index (χ3v) is 2.00. The van der Waals surface area contributed by atoms with Gasteiger partial charge in [-0.1, -0.05) is 134 Å². The summed E-state index contributed by atoms with van der Waals surface area (Å²) in [4.78, 5) is 0. The summed E-state index contributed by atoms with van der Waals surface area (Å²) in [7, 11) is 0. The first-order chi connectivity index (χ1) is 9.66. The third kappa shape index (κ3) is 325. The maximum atomic E-state index is 2.18.